The van der Waals surface area contributed by atoms with E-state index in [4.69, 9.17) is 0 Å². The zero-order valence-electron chi connectivity index (χ0n) is 14.5. The van der Waals surface area contributed by atoms with Crippen molar-refractivity contribution in [2.75, 3.05) is 12.4 Å². The molecule has 1 heterocycles. The summed E-state index contributed by atoms with van der Waals surface area (Å²) in [6.07, 6.45) is 0. The highest BCUT2D eigenvalue weighted by Crippen LogP contribution is 2.33. The number of amides is 1. The van der Waals surface area contributed by atoms with Gasteiger partial charge in [0.15, 0.2) is 5.13 Å². The molecule has 0 fully saturated rings. The van der Waals surface area contributed by atoms with Crippen LogP contribution in [0.2, 0.25) is 0 Å². The van der Waals surface area contributed by atoms with E-state index in [0.29, 0.717) is 11.3 Å². The number of aromatic nitrogens is 1. The molecule has 0 saturated carbocycles. The van der Waals surface area contributed by atoms with Crippen molar-refractivity contribution in [2.45, 2.75) is 6.61 Å². The predicted molar refractivity (Wildman–Crippen MR) is 99.9 cm³/mol. The number of nitrogens with zero attached hydrogens (tertiary/aromatic N) is 1. The van der Waals surface area contributed by atoms with Crippen molar-refractivity contribution in [1.82, 2.24) is 4.98 Å². The van der Waals surface area contributed by atoms with Gasteiger partial charge in [-0.2, -0.15) is 8.78 Å². The number of nitrogens with one attached hydrogen (secondary N) is 1. The minimum atomic E-state index is -2.96. The molecule has 0 aliphatic heterocycles. The molecule has 0 aliphatic rings. The molecule has 0 saturated heterocycles. The molecule has 0 radical (unpaired) electrons. The number of carbonyl (C=O) groups excluding carboxylic acids is 2. The first-order valence-electron chi connectivity index (χ1n) is 7.97. The second kappa shape index (κ2) is 8.57. The largest absolute Gasteiger partial charge is 0.465 e. The first-order valence-corrected chi connectivity index (χ1v) is 8.85. The molecule has 1 aromatic heterocycles. The number of carbonyl (C=O) groups is 2. The van der Waals surface area contributed by atoms with Crippen LogP contribution in [0.5, 0.6) is 5.75 Å². The quantitative estimate of drug-likeness (QED) is 0.614. The van der Waals surface area contributed by atoms with Gasteiger partial charge in [0.1, 0.15) is 5.75 Å². The fraction of sp³-hybridized carbons (Fsp3) is 0.105. The van der Waals surface area contributed by atoms with Crippen LogP contribution in [0, 0.1) is 0 Å². The molecule has 28 heavy (non-hydrogen) atoms. The van der Waals surface area contributed by atoms with Gasteiger partial charge in [0, 0.05) is 16.5 Å². The van der Waals surface area contributed by atoms with Crippen LogP contribution in [0.1, 0.15) is 20.7 Å². The molecule has 1 amide bonds. The van der Waals surface area contributed by atoms with Gasteiger partial charge >= 0.3 is 12.6 Å². The van der Waals surface area contributed by atoms with Crippen LogP contribution in [0.4, 0.5) is 13.9 Å². The molecule has 3 aromatic rings. The highest BCUT2D eigenvalue weighted by Gasteiger charge is 2.16. The number of thiazole rings is 1. The zero-order valence-corrected chi connectivity index (χ0v) is 15.3. The first-order chi connectivity index (χ1) is 13.5. The average Bonchev–Trinajstić information content (AvgIpc) is 3.15. The van der Waals surface area contributed by atoms with Gasteiger partial charge in [-0.1, -0.05) is 18.2 Å². The van der Waals surface area contributed by atoms with E-state index in [1.54, 1.807) is 35.7 Å². The van der Waals surface area contributed by atoms with Crippen LogP contribution in [0.25, 0.3) is 11.3 Å². The summed E-state index contributed by atoms with van der Waals surface area (Å²) >= 11 is 1.13. The molecule has 1 N–H and O–H groups in total. The predicted octanol–water partition coefficient (Wildman–Crippen LogP) is 4.45. The van der Waals surface area contributed by atoms with Crippen LogP contribution in [-0.2, 0) is 4.74 Å². The van der Waals surface area contributed by atoms with Crippen molar-refractivity contribution in [2.24, 2.45) is 0 Å². The maximum Gasteiger partial charge on any atom is 0.387 e. The third-order valence-corrected chi connectivity index (χ3v) is 4.41. The van der Waals surface area contributed by atoms with Crippen LogP contribution < -0.4 is 10.1 Å². The van der Waals surface area contributed by atoms with E-state index in [2.05, 4.69) is 19.8 Å². The Balaban J connectivity index is 1.79. The molecule has 144 valence electrons. The van der Waals surface area contributed by atoms with Crippen LogP contribution in [0.15, 0.2) is 53.9 Å². The van der Waals surface area contributed by atoms with Gasteiger partial charge in [-0.15, -0.1) is 11.3 Å². The number of para-hydroxylation sites is 1. The Hall–Kier alpha value is -3.33. The summed E-state index contributed by atoms with van der Waals surface area (Å²) in [6, 6.07) is 12.3. The van der Waals surface area contributed by atoms with E-state index in [1.165, 1.54) is 25.3 Å². The van der Waals surface area contributed by atoms with E-state index in [0.717, 1.165) is 11.3 Å². The molecule has 2 aromatic carbocycles. The van der Waals surface area contributed by atoms with E-state index in [-0.39, 0.29) is 22.0 Å². The Morgan fingerprint density at radius 1 is 1.11 bits per heavy atom. The van der Waals surface area contributed by atoms with Crippen molar-refractivity contribution < 1.29 is 27.8 Å². The Bertz CT molecular complexity index is 1010. The third kappa shape index (κ3) is 4.49. The van der Waals surface area contributed by atoms with E-state index < -0.39 is 18.5 Å². The smallest absolute Gasteiger partial charge is 0.387 e. The lowest BCUT2D eigenvalue weighted by Crippen LogP contribution is -2.13. The minimum Gasteiger partial charge on any atom is -0.465 e. The van der Waals surface area contributed by atoms with E-state index in [1.807, 2.05) is 0 Å². The Labute approximate surface area is 162 Å². The monoisotopic (exact) mass is 404 g/mol. The maximum absolute atomic E-state index is 12.6. The minimum absolute atomic E-state index is 0.00791. The highest BCUT2D eigenvalue weighted by molar-refractivity contribution is 7.14. The molecule has 3 rings (SSSR count). The lowest BCUT2D eigenvalue weighted by Gasteiger charge is -2.08. The van der Waals surface area contributed by atoms with Crippen molar-refractivity contribution in [3.63, 3.8) is 0 Å². The molecular formula is C19H14F2N2O4S. The summed E-state index contributed by atoms with van der Waals surface area (Å²) in [5.41, 5.74) is 1.27. The number of ether oxygens (including phenoxy) is 2. The zero-order chi connectivity index (χ0) is 20.1. The molecular weight excluding hydrogens is 390 g/mol. The fourth-order valence-electron chi connectivity index (χ4n) is 2.41. The molecule has 0 unspecified atom stereocenters. The summed E-state index contributed by atoms with van der Waals surface area (Å²) in [5.74, 6) is -1.03. The van der Waals surface area contributed by atoms with Gasteiger partial charge in [-0.3, -0.25) is 10.1 Å². The SMILES string of the molecule is COC(=O)c1cccc(C(=O)Nc2nc(-c3ccccc3OC(F)F)cs2)c1. The van der Waals surface area contributed by atoms with Gasteiger partial charge in [0.05, 0.1) is 18.4 Å². The fourth-order valence-corrected chi connectivity index (χ4v) is 3.11. The number of hydrogen-bond acceptors (Lipinski definition) is 6. The molecule has 0 bridgehead atoms. The molecule has 0 aliphatic carbocycles. The number of anilines is 1. The van der Waals surface area contributed by atoms with Crippen LogP contribution >= 0.6 is 11.3 Å². The Morgan fingerprint density at radius 3 is 2.61 bits per heavy atom. The summed E-state index contributed by atoms with van der Waals surface area (Å²) in [6.45, 7) is -2.96. The Kier molecular flexibility index (Phi) is 5.95. The number of halogens is 2. The number of benzene rings is 2. The van der Waals surface area contributed by atoms with Gasteiger partial charge in [-0.05, 0) is 30.3 Å². The number of rotatable bonds is 6. The van der Waals surface area contributed by atoms with Crippen LogP contribution in [0.3, 0.4) is 0 Å². The molecule has 9 heteroatoms. The topological polar surface area (TPSA) is 77.5 Å². The lowest BCUT2D eigenvalue weighted by atomic mass is 10.1. The Morgan fingerprint density at radius 2 is 1.86 bits per heavy atom. The second-order valence-corrected chi connectivity index (χ2v) is 6.30. The average molecular weight is 404 g/mol. The number of hydrogen-bond donors (Lipinski definition) is 1. The number of alkyl halides is 2. The standard InChI is InChI=1S/C19H14F2N2O4S/c1-26-17(25)12-6-4-5-11(9-12)16(24)23-19-22-14(10-28-19)13-7-2-3-8-15(13)27-18(20)21/h2-10,18H,1H3,(H,22,23,24). The number of methoxy groups -OCH3 is 1. The van der Waals surface area contributed by atoms with Gasteiger partial charge in [0.25, 0.3) is 5.91 Å². The van der Waals surface area contributed by atoms with E-state index in [9.17, 15) is 18.4 Å². The molecule has 6 nitrogen and oxygen atoms in total. The van der Waals surface area contributed by atoms with Crippen molar-refractivity contribution >= 4 is 28.3 Å². The van der Waals surface area contributed by atoms with Crippen molar-refractivity contribution in [1.29, 1.82) is 0 Å². The highest BCUT2D eigenvalue weighted by atomic mass is 32.1. The molecule has 0 spiro atoms. The molecule has 0 atom stereocenters. The van der Waals surface area contributed by atoms with Crippen molar-refractivity contribution in [3.05, 3.63) is 65.0 Å². The lowest BCUT2D eigenvalue weighted by molar-refractivity contribution is -0.0494. The maximum atomic E-state index is 12.6. The summed E-state index contributed by atoms with van der Waals surface area (Å²) < 4.78 is 34.3. The summed E-state index contributed by atoms with van der Waals surface area (Å²) in [4.78, 5) is 28.3. The van der Waals surface area contributed by atoms with E-state index >= 15 is 0 Å². The van der Waals surface area contributed by atoms with Gasteiger partial charge < -0.3 is 9.47 Å². The number of esters is 1. The summed E-state index contributed by atoms with van der Waals surface area (Å²) in [5, 5.41) is 4.51. The van der Waals surface area contributed by atoms with Gasteiger partial charge in [0.2, 0.25) is 0 Å². The first kappa shape index (κ1) is 19.4. The normalized spacial score (nSPS) is 10.6. The summed E-state index contributed by atoms with van der Waals surface area (Å²) in [7, 11) is 1.25. The second-order valence-electron chi connectivity index (χ2n) is 5.44. The van der Waals surface area contributed by atoms with Gasteiger partial charge in [-0.25, -0.2) is 9.78 Å². The third-order valence-electron chi connectivity index (χ3n) is 3.65. The van der Waals surface area contributed by atoms with Crippen LogP contribution in [-0.4, -0.2) is 30.6 Å². The van der Waals surface area contributed by atoms with Crippen molar-refractivity contribution in [3.8, 4) is 17.0 Å².